The second kappa shape index (κ2) is 6.12. The van der Waals surface area contributed by atoms with Gasteiger partial charge < -0.3 is 14.2 Å². The third-order valence-electron chi connectivity index (χ3n) is 4.38. The van der Waals surface area contributed by atoms with Crippen molar-refractivity contribution >= 4 is 5.97 Å². The maximum absolute atomic E-state index is 12.0. The van der Waals surface area contributed by atoms with Gasteiger partial charge in [0.15, 0.2) is 5.79 Å². The van der Waals surface area contributed by atoms with Crippen molar-refractivity contribution in [1.29, 1.82) is 0 Å². The van der Waals surface area contributed by atoms with Gasteiger partial charge in [0.2, 0.25) is 0 Å². The summed E-state index contributed by atoms with van der Waals surface area (Å²) in [4.78, 5) is 15.9. The summed E-state index contributed by atoms with van der Waals surface area (Å²) < 4.78 is 17.2. The van der Waals surface area contributed by atoms with Crippen LogP contribution in [0, 0.1) is 5.92 Å². The van der Waals surface area contributed by atoms with Gasteiger partial charge in [-0.2, -0.15) is 0 Å². The minimum Gasteiger partial charge on any atom is -0.454 e. The molecule has 0 atom stereocenters. The monoisotopic (exact) mass is 291 g/mol. The van der Waals surface area contributed by atoms with Crippen molar-refractivity contribution in [2.75, 3.05) is 13.2 Å². The molecule has 0 aromatic carbocycles. The fourth-order valence-electron chi connectivity index (χ4n) is 3.06. The Labute approximate surface area is 124 Å². The molecule has 1 saturated carbocycles. The zero-order valence-corrected chi connectivity index (χ0v) is 12.3. The lowest BCUT2D eigenvalue weighted by molar-refractivity contribution is -0.304. The number of hydrogen-bond acceptors (Lipinski definition) is 5. The van der Waals surface area contributed by atoms with Gasteiger partial charge in [0.1, 0.15) is 6.10 Å². The van der Waals surface area contributed by atoms with E-state index >= 15 is 0 Å². The molecule has 0 amide bonds. The van der Waals surface area contributed by atoms with Crippen LogP contribution in [0.1, 0.15) is 43.0 Å². The highest BCUT2D eigenvalue weighted by Crippen LogP contribution is 2.38. The summed E-state index contributed by atoms with van der Waals surface area (Å²) in [6, 6.07) is 3.39. The van der Waals surface area contributed by atoms with E-state index in [1.165, 1.54) is 19.0 Å². The highest BCUT2D eigenvalue weighted by atomic mass is 16.7. The standard InChI is InChI=1S/C16H21NO4/c1-16(13-6-2-3-7-13)19-10-14(11-20-16)21-15(18)12-5-4-8-17-9-12/h4-5,8-9,13-14H,2-3,6-7,10-11H2,1H3. The molecule has 3 rings (SSSR count). The molecule has 0 radical (unpaired) electrons. The number of aromatic nitrogens is 1. The summed E-state index contributed by atoms with van der Waals surface area (Å²) in [5, 5.41) is 0. The van der Waals surface area contributed by atoms with Crippen LogP contribution < -0.4 is 0 Å². The van der Waals surface area contributed by atoms with Crippen LogP contribution in [0.15, 0.2) is 24.5 Å². The van der Waals surface area contributed by atoms with Gasteiger partial charge in [-0.05, 0) is 31.9 Å². The number of esters is 1. The summed E-state index contributed by atoms with van der Waals surface area (Å²) >= 11 is 0. The lowest BCUT2D eigenvalue weighted by Crippen LogP contribution is -2.49. The van der Waals surface area contributed by atoms with E-state index in [1.807, 2.05) is 6.92 Å². The Balaban J connectivity index is 1.53. The molecule has 5 nitrogen and oxygen atoms in total. The average molecular weight is 291 g/mol. The maximum Gasteiger partial charge on any atom is 0.340 e. The summed E-state index contributed by atoms with van der Waals surface area (Å²) in [5.74, 6) is -0.453. The van der Waals surface area contributed by atoms with E-state index in [1.54, 1.807) is 18.3 Å². The molecule has 0 unspecified atom stereocenters. The van der Waals surface area contributed by atoms with Crippen molar-refractivity contribution in [1.82, 2.24) is 4.98 Å². The van der Waals surface area contributed by atoms with Crippen LogP contribution in [0.3, 0.4) is 0 Å². The first kappa shape index (κ1) is 14.5. The van der Waals surface area contributed by atoms with E-state index in [0.29, 0.717) is 24.7 Å². The molecule has 1 aliphatic carbocycles. The fourth-order valence-corrected chi connectivity index (χ4v) is 3.06. The number of pyridine rings is 1. The molecule has 0 N–H and O–H groups in total. The maximum atomic E-state index is 12.0. The zero-order valence-electron chi connectivity index (χ0n) is 12.3. The second-order valence-electron chi connectivity index (χ2n) is 5.89. The van der Waals surface area contributed by atoms with Gasteiger partial charge in [-0.25, -0.2) is 4.79 Å². The normalized spacial score (nSPS) is 30.2. The Kier molecular flexibility index (Phi) is 4.22. The number of carbonyl (C=O) groups is 1. The van der Waals surface area contributed by atoms with Crippen molar-refractivity contribution in [3.63, 3.8) is 0 Å². The molecule has 2 fully saturated rings. The Morgan fingerprint density at radius 1 is 1.33 bits per heavy atom. The first-order valence-electron chi connectivity index (χ1n) is 7.56. The third-order valence-corrected chi connectivity index (χ3v) is 4.38. The van der Waals surface area contributed by atoms with Crippen molar-refractivity contribution in [2.45, 2.75) is 44.5 Å². The topological polar surface area (TPSA) is 57.7 Å². The SMILES string of the molecule is CC1(C2CCCC2)OCC(OC(=O)c2cccnc2)CO1. The summed E-state index contributed by atoms with van der Waals surface area (Å²) in [7, 11) is 0. The van der Waals surface area contributed by atoms with E-state index < -0.39 is 5.79 Å². The van der Waals surface area contributed by atoms with Crippen LogP contribution in [0.5, 0.6) is 0 Å². The van der Waals surface area contributed by atoms with E-state index in [2.05, 4.69) is 4.98 Å². The number of rotatable bonds is 3. The summed E-state index contributed by atoms with van der Waals surface area (Å²) in [6.45, 7) is 2.78. The van der Waals surface area contributed by atoms with Gasteiger partial charge >= 0.3 is 5.97 Å². The number of ether oxygens (including phenoxy) is 3. The van der Waals surface area contributed by atoms with E-state index in [-0.39, 0.29) is 12.1 Å². The Morgan fingerprint density at radius 2 is 2.05 bits per heavy atom. The molecule has 2 aliphatic rings. The molecular weight excluding hydrogens is 270 g/mol. The van der Waals surface area contributed by atoms with Gasteiger partial charge in [-0.15, -0.1) is 0 Å². The quantitative estimate of drug-likeness (QED) is 0.801. The van der Waals surface area contributed by atoms with E-state index in [4.69, 9.17) is 14.2 Å². The van der Waals surface area contributed by atoms with Crippen molar-refractivity contribution in [2.24, 2.45) is 5.92 Å². The second-order valence-corrected chi connectivity index (χ2v) is 5.89. The highest BCUT2D eigenvalue weighted by Gasteiger charge is 2.42. The van der Waals surface area contributed by atoms with Gasteiger partial charge in [-0.1, -0.05) is 12.8 Å². The molecule has 0 bridgehead atoms. The predicted molar refractivity (Wildman–Crippen MR) is 75.7 cm³/mol. The molecule has 5 heteroatoms. The average Bonchev–Trinajstić information content (AvgIpc) is 3.06. The van der Waals surface area contributed by atoms with Crippen LogP contribution in [-0.4, -0.2) is 36.1 Å². The minimum absolute atomic E-state index is 0.354. The van der Waals surface area contributed by atoms with Crippen LogP contribution >= 0.6 is 0 Å². The lowest BCUT2D eigenvalue weighted by Gasteiger charge is -2.41. The first-order chi connectivity index (χ1) is 10.2. The van der Waals surface area contributed by atoms with Gasteiger partial charge in [0, 0.05) is 18.3 Å². The summed E-state index contributed by atoms with van der Waals surface area (Å²) in [6.07, 6.45) is 7.55. The molecular formula is C16H21NO4. The van der Waals surface area contributed by atoms with Gasteiger partial charge in [0.05, 0.1) is 18.8 Å². The molecule has 21 heavy (non-hydrogen) atoms. The highest BCUT2D eigenvalue weighted by molar-refractivity contribution is 5.89. The van der Waals surface area contributed by atoms with Gasteiger partial charge in [0.25, 0.3) is 0 Å². The minimum atomic E-state index is -0.520. The number of carbonyl (C=O) groups excluding carboxylic acids is 1. The van der Waals surface area contributed by atoms with Crippen LogP contribution in [-0.2, 0) is 14.2 Å². The zero-order chi connectivity index (χ0) is 14.7. The summed E-state index contributed by atoms with van der Waals surface area (Å²) in [5.41, 5.74) is 0.446. The van der Waals surface area contributed by atoms with Crippen LogP contribution in [0.25, 0.3) is 0 Å². The van der Waals surface area contributed by atoms with Crippen LogP contribution in [0.4, 0.5) is 0 Å². The van der Waals surface area contributed by atoms with Crippen molar-refractivity contribution in [3.8, 4) is 0 Å². The largest absolute Gasteiger partial charge is 0.454 e. The number of hydrogen-bond donors (Lipinski definition) is 0. The van der Waals surface area contributed by atoms with Crippen molar-refractivity contribution in [3.05, 3.63) is 30.1 Å². The molecule has 1 aromatic heterocycles. The molecule has 0 spiro atoms. The Bertz CT molecular complexity index is 476. The molecule has 1 aromatic rings. The van der Waals surface area contributed by atoms with Gasteiger partial charge in [-0.3, -0.25) is 4.98 Å². The smallest absolute Gasteiger partial charge is 0.340 e. The third kappa shape index (κ3) is 3.24. The Morgan fingerprint density at radius 3 is 2.67 bits per heavy atom. The van der Waals surface area contributed by atoms with Crippen molar-refractivity contribution < 1.29 is 19.0 Å². The van der Waals surface area contributed by atoms with E-state index in [0.717, 1.165) is 12.8 Å². The fraction of sp³-hybridized carbons (Fsp3) is 0.625. The first-order valence-corrected chi connectivity index (χ1v) is 7.56. The molecule has 114 valence electrons. The lowest BCUT2D eigenvalue weighted by atomic mass is 9.97. The molecule has 2 heterocycles. The molecule has 1 saturated heterocycles. The number of nitrogens with zero attached hydrogens (tertiary/aromatic N) is 1. The molecule has 1 aliphatic heterocycles. The van der Waals surface area contributed by atoms with E-state index in [9.17, 15) is 4.79 Å². The van der Waals surface area contributed by atoms with Crippen LogP contribution in [0.2, 0.25) is 0 Å². The Hall–Kier alpha value is -1.46. The predicted octanol–water partition coefficient (Wildman–Crippen LogP) is 2.56.